The van der Waals surface area contributed by atoms with Crippen LogP contribution >= 0.6 is 0 Å². The lowest BCUT2D eigenvalue weighted by atomic mass is 9.87. The van der Waals surface area contributed by atoms with Crippen molar-refractivity contribution in [3.63, 3.8) is 0 Å². The molecule has 1 N–H and O–H groups in total. The average Bonchev–Trinajstić information content (AvgIpc) is 2.42. The van der Waals surface area contributed by atoms with Gasteiger partial charge < -0.3 is 5.32 Å². The Kier molecular flexibility index (Phi) is 5.03. The molecule has 20 heavy (non-hydrogen) atoms. The summed E-state index contributed by atoms with van der Waals surface area (Å²) in [5.41, 5.74) is 2.78. The van der Waals surface area contributed by atoms with E-state index in [1.165, 1.54) is 11.1 Å². The molecule has 0 amide bonds. The zero-order valence-corrected chi connectivity index (χ0v) is 13.9. The van der Waals surface area contributed by atoms with Crippen molar-refractivity contribution in [1.29, 1.82) is 0 Å². The SMILES string of the molecule is CCCNC1c2ccccc2CCC1S(=O)C(C)(C)C. The van der Waals surface area contributed by atoms with Crippen LogP contribution < -0.4 is 5.32 Å². The fraction of sp³-hybridized carbons (Fsp3) is 0.647. The standard InChI is InChI=1S/C17H27NOS/c1-5-12-18-16-14-9-7-6-8-13(14)10-11-15(16)20(19)17(2,3)4/h6-9,15-16,18H,5,10-12H2,1-4H3. The number of fused-ring (bicyclic) bond motifs is 1. The molecule has 0 saturated heterocycles. The molecule has 3 unspecified atom stereocenters. The summed E-state index contributed by atoms with van der Waals surface area (Å²) >= 11 is 0. The van der Waals surface area contributed by atoms with E-state index < -0.39 is 10.8 Å². The summed E-state index contributed by atoms with van der Waals surface area (Å²) in [6.07, 6.45) is 3.17. The molecule has 0 bridgehead atoms. The van der Waals surface area contributed by atoms with E-state index in [2.05, 4.69) is 57.3 Å². The number of hydrogen-bond donors (Lipinski definition) is 1. The maximum atomic E-state index is 12.9. The van der Waals surface area contributed by atoms with Crippen molar-refractivity contribution in [2.75, 3.05) is 6.54 Å². The lowest BCUT2D eigenvalue weighted by Crippen LogP contribution is -2.43. The van der Waals surface area contributed by atoms with Crippen LogP contribution in [0.3, 0.4) is 0 Å². The van der Waals surface area contributed by atoms with Crippen molar-refractivity contribution in [2.24, 2.45) is 0 Å². The predicted molar refractivity (Wildman–Crippen MR) is 87.5 cm³/mol. The summed E-state index contributed by atoms with van der Waals surface area (Å²) in [7, 11) is -0.827. The zero-order valence-electron chi connectivity index (χ0n) is 13.1. The molecule has 112 valence electrons. The third-order valence-electron chi connectivity index (χ3n) is 3.95. The molecular formula is C17H27NOS. The number of benzene rings is 1. The van der Waals surface area contributed by atoms with E-state index >= 15 is 0 Å². The highest BCUT2D eigenvalue weighted by molar-refractivity contribution is 7.87. The Hall–Kier alpha value is -0.670. The first kappa shape index (κ1) is 15.7. The molecule has 1 aromatic carbocycles. The fourth-order valence-corrected chi connectivity index (χ4v) is 4.69. The van der Waals surface area contributed by atoms with Gasteiger partial charge in [0, 0.05) is 21.6 Å². The first-order valence-corrected chi connectivity index (χ1v) is 8.88. The van der Waals surface area contributed by atoms with Crippen LogP contribution in [0.1, 0.15) is 57.7 Å². The van der Waals surface area contributed by atoms with Gasteiger partial charge in [0.25, 0.3) is 0 Å². The van der Waals surface area contributed by atoms with E-state index in [4.69, 9.17) is 0 Å². The van der Waals surface area contributed by atoms with Crippen molar-refractivity contribution in [1.82, 2.24) is 5.32 Å². The lowest BCUT2D eigenvalue weighted by Gasteiger charge is -2.37. The van der Waals surface area contributed by atoms with Crippen LogP contribution in [0.4, 0.5) is 0 Å². The Morgan fingerprint density at radius 2 is 2.00 bits per heavy atom. The van der Waals surface area contributed by atoms with Crippen LogP contribution in [-0.4, -0.2) is 20.8 Å². The smallest absolute Gasteiger partial charge is 0.0551 e. The van der Waals surface area contributed by atoms with Crippen molar-refractivity contribution in [3.8, 4) is 0 Å². The quantitative estimate of drug-likeness (QED) is 0.919. The highest BCUT2D eigenvalue weighted by Crippen LogP contribution is 2.35. The Morgan fingerprint density at radius 1 is 1.30 bits per heavy atom. The van der Waals surface area contributed by atoms with Gasteiger partial charge in [-0.25, -0.2) is 0 Å². The highest BCUT2D eigenvalue weighted by Gasteiger charge is 2.37. The predicted octanol–water partition coefficient (Wildman–Crippen LogP) is 3.59. The molecule has 0 radical (unpaired) electrons. The van der Waals surface area contributed by atoms with Gasteiger partial charge in [-0.05, 0) is 57.7 Å². The van der Waals surface area contributed by atoms with Gasteiger partial charge in [-0.15, -0.1) is 0 Å². The van der Waals surface area contributed by atoms with Gasteiger partial charge in [0.2, 0.25) is 0 Å². The molecule has 0 spiro atoms. The van der Waals surface area contributed by atoms with Crippen LogP contribution in [0.2, 0.25) is 0 Å². The molecule has 1 aliphatic carbocycles. The van der Waals surface area contributed by atoms with Crippen molar-refractivity contribution in [2.45, 2.75) is 63.0 Å². The minimum atomic E-state index is -0.827. The maximum Gasteiger partial charge on any atom is 0.0551 e. The molecule has 2 rings (SSSR count). The molecule has 0 aromatic heterocycles. The first-order chi connectivity index (χ1) is 9.45. The van der Waals surface area contributed by atoms with E-state index in [1.54, 1.807) is 0 Å². The Morgan fingerprint density at radius 3 is 2.65 bits per heavy atom. The lowest BCUT2D eigenvalue weighted by molar-refractivity contribution is 0.458. The Bertz CT molecular complexity index is 478. The zero-order chi connectivity index (χ0) is 14.8. The van der Waals surface area contributed by atoms with E-state index in [-0.39, 0.29) is 16.0 Å². The molecule has 1 aliphatic rings. The molecule has 0 aliphatic heterocycles. The van der Waals surface area contributed by atoms with E-state index in [9.17, 15) is 4.21 Å². The molecule has 0 saturated carbocycles. The third kappa shape index (κ3) is 3.32. The number of hydrogen-bond acceptors (Lipinski definition) is 2. The molecule has 3 atom stereocenters. The van der Waals surface area contributed by atoms with Crippen molar-refractivity contribution >= 4 is 10.8 Å². The van der Waals surface area contributed by atoms with Gasteiger partial charge in [0.1, 0.15) is 0 Å². The fourth-order valence-electron chi connectivity index (χ4n) is 2.96. The Balaban J connectivity index is 2.31. The van der Waals surface area contributed by atoms with Gasteiger partial charge in [0.05, 0.1) is 5.25 Å². The average molecular weight is 293 g/mol. The minimum Gasteiger partial charge on any atom is -0.309 e. The molecular weight excluding hydrogens is 266 g/mol. The molecule has 0 fully saturated rings. The monoisotopic (exact) mass is 293 g/mol. The van der Waals surface area contributed by atoms with Crippen molar-refractivity contribution < 1.29 is 4.21 Å². The second-order valence-electron chi connectivity index (χ2n) is 6.62. The van der Waals surface area contributed by atoms with Crippen molar-refractivity contribution in [3.05, 3.63) is 35.4 Å². The molecule has 2 nitrogen and oxygen atoms in total. The van der Waals surface area contributed by atoms with E-state index in [0.29, 0.717) is 0 Å². The van der Waals surface area contributed by atoms with Gasteiger partial charge in [-0.2, -0.15) is 0 Å². The second kappa shape index (κ2) is 6.40. The summed E-state index contributed by atoms with van der Waals surface area (Å²) in [5.74, 6) is 0. The second-order valence-corrected chi connectivity index (χ2v) is 9.04. The molecule has 0 heterocycles. The van der Waals surface area contributed by atoms with Crippen LogP contribution in [0, 0.1) is 0 Å². The number of rotatable bonds is 4. The highest BCUT2D eigenvalue weighted by atomic mass is 32.2. The minimum absolute atomic E-state index is 0.150. The summed E-state index contributed by atoms with van der Waals surface area (Å²) in [6, 6.07) is 8.86. The summed E-state index contributed by atoms with van der Waals surface area (Å²) in [4.78, 5) is 0. The van der Waals surface area contributed by atoms with E-state index in [0.717, 1.165) is 25.8 Å². The van der Waals surface area contributed by atoms with E-state index in [1.807, 2.05) is 0 Å². The number of nitrogens with one attached hydrogen (secondary N) is 1. The largest absolute Gasteiger partial charge is 0.309 e. The normalized spacial score (nSPS) is 24.2. The van der Waals surface area contributed by atoms with Gasteiger partial charge in [-0.1, -0.05) is 31.2 Å². The molecule has 3 heteroatoms. The number of aryl methyl sites for hydroxylation is 1. The van der Waals surface area contributed by atoms with Gasteiger partial charge >= 0.3 is 0 Å². The van der Waals surface area contributed by atoms with Gasteiger partial charge in [0.15, 0.2) is 0 Å². The summed E-state index contributed by atoms with van der Waals surface area (Å²) in [6.45, 7) is 9.41. The van der Waals surface area contributed by atoms with Gasteiger partial charge in [-0.3, -0.25) is 4.21 Å². The van der Waals surface area contributed by atoms with Crippen LogP contribution in [-0.2, 0) is 17.2 Å². The Labute approximate surface area is 125 Å². The summed E-state index contributed by atoms with van der Waals surface area (Å²) < 4.78 is 12.7. The topological polar surface area (TPSA) is 29.1 Å². The van der Waals surface area contributed by atoms with Crippen LogP contribution in [0.25, 0.3) is 0 Å². The maximum absolute atomic E-state index is 12.9. The van der Waals surface area contributed by atoms with Crippen LogP contribution in [0.15, 0.2) is 24.3 Å². The first-order valence-electron chi connectivity index (χ1n) is 7.67. The summed E-state index contributed by atoms with van der Waals surface area (Å²) in [5, 5.41) is 3.86. The molecule has 1 aromatic rings. The van der Waals surface area contributed by atoms with Crippen LogP contribution in [0.5, 0.6) is 0 Å². The third-order valence-corrected chi connectivity index (χ3v) is 6.22.